The number of carbonyl (C=O) groups excluding carboxylic acids is 1. The summed E-state index contributed by atoms with van der Waals surface area (Å²) in [5.41, 5.74) is 2.97. The first-order chi connectivity index (χ1) is 12.1. The molecule has 3 rings (SSSR count). The second-order valence-corrected chi connectivity index (χ2v) is 6.58. The van der Waals surface area contributed by atoms with E-state index in [2.05, 4.69) is 17.4 Å². The maximum atomic E-state index is 12.2. The standard InChI is InChI=1S/C20H22N2O2S/c1-15(11-12-16-7-3-2-4-8-16)21-19(23)13-14-22-17-9-5-6-10-18(17)24-20(22)25/h2-10,15H,11-14H2,1H3,(H,21,23). The zero-order valence-electron chi connectivity index (χ0n) is 14.3. The maximum absolute atomic E-state index is 12.2. The van der Waals surface area contributed by atoms with Crippen molar-refractivity contribution >= 4 is 29.2 Å². The Balaban J connectivity index is 1.50. The van der Waals surface area contributed by atoms with Crippen LogP contribution in [0.5, 0.6) is 0 Å². The lowest BCUT2D eigenvalue weighted by atomic mass is 10.1. The van der Waals surface area contributed by atoms with Crippen molar-refractivity contribution in [2.45, 2.75) is 38.8 Å². The van der Waals surface area contributed by atoms with E-state index in [4.69, 9.17) is 16.6 Å². The number of hydrogen-bond acceptors (Lipinski definition) is 3. The van der Waals surface area contributed by atoms with Crippen molar-refractivity contribution < 1.29 is 9.21 Å². The first kappa shape index (κ1) is 17.4. The molecule has 0 radical (unpaired) electrons. The number of nitrogens with one attached hydrogen (secondary N) is 1. The van der Waals surface area contributed by atoms with Crippen LogP contribution in [0.4, 0.5) is 0 Å². The van der Waals surface area contributed by atoms with Crippen molar-refractivity contribution in [1.29, 1.82) is 0 Å². The van der Waals surface area contributed by atoms with Crippen molar-refractivity contribution in [1.82, 2.24) is 9.88 Å². The molecule has 0 aliphatic heterocycles. The predicted octanol–water partition coefficient (Wildman–Crippen LogP) is 4.49. The number of rotatable bonds is 7. The van der Waals surface area contributed by atoms with E-state index in [1.165, 1.54) is 5.56 Å². The Bertz CT molecular complexity index is 899. The maximum Gasteiger partial charge on any atom is 0.269 e. The van der Waals surface area contributed by atoms with Gasteiger partial charge in [-0.25, -0.2) is 0 Å². The van der Waals surface area contributed by atoms with Crippen molar-refractivity contribution in [3.05, 3.63) is 65.0 Å². The summed E-state index contributed by atoms with van der Waals surface area (Å²) >= 11 is 5.25. The molecule has 4 nitrogen and oxygen atoms in total. The third-order valence-electron chi connectivity index (χ3n) is 4.25. The van der Waals surface area contributed by atoms with E-state index in [0.717, 1.165) is 23.9 Å². The number of fused-ring (bicyclic) bond motifs is 1. The van der Waals surface area contributed by atoms with Crippen LogP contribution >= 0.6 is 12.2 Å². The molecule has 3 aromatic rings. The van der Waals surface area contributed by atoms with E-state index in [1.807, 2.05) is 54.0 Å². The van der Waals surface area contributed by atoms with Crippen molar-refractivity contribution in [2.24, 2.45) is 0 Å². The number of para-hydroxylation sites is 2. The lowest BCUT2D eigenvalue weighted by Gasteiger charge is -2.14. The average molecular weight is 354 g/mol. The molecule has 5 heteroatoms. The Kier molecular flexibility index (Phi) is 5.66. The summed E-state index contributed by atoms with van der Waals surface area (Å²) in [6.45, 7) is 2.56. The molecule has 1 heterocycles. The molecule has 1 amide bonds. The van der Waals surface area contributed by atoms with E-state index >= 15 is 0 Å². The van der Waals surface area contributed by atoms with E-state index in [-0.39, 0.29) is 11.9 Å². The van der Waals surface area contributed by atoms with Crippen LogP contribution in [0.2, 0.25) is 0 Å². The minimum Gasteiger partial charge on any atom is -0.429 e. The van der Waals surface area contributed by atoms with Crippen LogP contribution in [0.15, 0.2) is 59.0 Å². The molecule has 1 unspecified atom stereocenters. The predicted molar refractivity (Wildman–Crippen MR) is 102 cm³/mol. The van der Waals surface area contributed by atoms with Crippen LogP contribution in [-0.4, -0.2) is 16.5 Å². The largest absolute Gasteiger partial charge is 0.429 e. The highest BCUT2D eigenvalue weighted by molar-refractivity contribution is 7.71. The van der Waals surface area contributed by atoms with Crippen LogP contribution in [0.3, 0.4) is 0 Å². The Hall–Kier alpha value is -2.40. The van der Waals surface area contributed by atoms with Gasteiger partial charge in [0.25, 0.3) is 4.84 Å². The third-order valence-corrected chi connectivity index (χ3v) is 4.56. The quantitative estimate of drug-likeness (QED) is 0.636. The number of oxazole rings is 1. The van der Waals surface area contributed by atoms with Gasteiger partial charge in [0, 0.05) is 19.0 Å². The summed E-state index contributed by atoms with van der Waals surface area (Å²) < 4.78 is 7.42. The van der Waals surface area contributed by atoms with Gasteiger partial charge in [-0.15, -0.1) is 0 Å². The summed E-state index contributed by atoms with van der Waals surface area (Å²) in [7, 11) is 0. The highest BCUT2D eigenvalue weighted by Gasteiger charge is 2.10. The van der Waals surface area contributed by atoms with Crippen LogP contribution in [0.25, 0.3) is 11.1 Å². The number of benzene rings is 2. The van der Waals surface area contributed by atoms with Gasteiger partial charge in [-0.1, -0.05) is 42.5 Å². The number of nitrogens with zero attached hydrogens (tertiary/aromatic N) is 1. The highest BCUT2D eigenvalue weighted by atomic mass is 32.1. The summed E-state index contributed by atoms with van der Waals surface area (Å²) in [5, 5.41) is 3.06. The first-order valence-electron chi connectivity index (χ1n) is 8.55. The fraction of sp³-hybridized carbons (Fsp3) is 0.300. The van der Waals surface area contributed by atoms with Crippen molar-refractivity contribution in [3.63, 3.8) is 0 Å². The van der Waals surface area contributed by atoms with Crippen molar-refractivity contribution in [3.8, 4) is 0 Å². The number of carbonyl (C=O) groups is 1. The second-order valence-electron chi connectivity index (χ2n) is 6.23. The van der Waals surface area contributed by atoms with Gasteiger partial charge in [-0.3, -0.25) is 9.36 Å². The van der Waals surface area contributed by atoms with Crippen LogP contribution in [-0.2, 0) is 17.8 Å². The SMILES string of the molecule is CC(CCc1ccccc1)NC(=O)CCn1c(=S)oc2ccccc21. The topological polar surface area (TPSA) is 47.2 Å². The molecular formula is C20H22N2O2S. The van der Waals surface area contributed by atoms with Gasteiger partial charge < -0.3 is 9.73 Å². The number of amides is 1. The van der Waals surface area contributed by atoms with Gasteiger partial charge in [-0.2, -0.15) is 0 Å². The Morgan fingerprint density at radius 2 is 1.88 bits per heavy atom. The fourth-order valence-electron chi connectivity index (χ4n) is 2.89. The average Bonchev–Trinajstić information content (AvgIpc) is 2.94. The number of hydrogen-bond donors (Lipinski definition) is 1. The monoisotopic (exact) mass is 354 g/mol. The summed E-state index contributed by atoms with van der Waals surface area (Å²) in [5.74, 6) is 0.0349. The van der Waals surface area contributed by atoms with Gasteiger partial charge in [-0.05, 0) is 49.7 Å². The van der Waals surface area contributed by atoms with E-state index in [9.17, 15) is 4.79 Å². The number of aryl methyl sites for hydroxylation is 2. The zero-order valence-corrected chi connectivity index (χ0v) is 15.1. The van der Waals surface area contributed by atoms with Crippen LogP contribution < -0.4 is 5.32 Å². The molecule has 25 heavy (non-hydrogen) atoms. The molecular weight excluding hydrogens is 332 g/mol. The molecule has 0 fully saturated rings. The zero-order chi connectivity index (χ0) is 17.6. The summed E-state index contributed by atoms with van der Waals surface area (Å²) in [4.78, 5) is 12.6. The molecule has 0 aliphatic rings. The van der Waals surface area contributed by atoms with Crippen LogP contribution in [0.1, 0.15) is 25.3 Å². The second kappa shape index (κ2) is 8.12. The molecule has 0 aliphatic carbocycles. The van der Waals surface area contributed by atoms with Gasteiger partial charge >= 0.3 is 0 Å². The fourth-order valence-corrected chi connectivity index (χ4v) is 3.17. The molecule has 1 atom stereocenters. The van der Waals surface area contributed by atoms with Gasteiger partial charge in [0.15, 0.2) is 5.58 Å². The lowest BCUT2D eigenvalue weighted by Crippen LogP contribution is -2.33. The molecule has 0 spiro atoms. The molecule has 2 aromatic carbocycles. The van der Waals surface area contributed by atoms with Crippen LogP contribution in [0, 0.1) is 4.84 Å². The summed E-state index contributed by atoms with van der Waals surface area (Å²) in [6.07, 6.45) is 2.26. The molecule has 0 bridgehead atoms. The minimum atomic E-state index is 0.0349. The third kappa shape index (κ3) is 4.57. The summed E-state index contributed by atoms with van der Waals surface area (Å²) in [6, 6.07) is 18.1. The Morgan fingerprint density at radius 1 is 1.16 bits per heavy atom. The van der Waals surface area contributed by atoms with Gasteiger partial charge in [0.2, 0.25) is 5.91 Å². The van der Waals surface area contributed by atoms with Crippen molar-refractivity contribution in [2.75, 3.05) is 0 Å². The van der Waals surface area contributed by atoms with E-state index in [0.29, 0.717) is 17.8 Å². The van der Waals surface area contributed by atoms with Gasteiger partial charge in [0.05, 0.1) is 5.52 Å². The Labute approximate surface area is 152 Å². The van der Waals surface area contributed by atoms with E-state index < -0.39 is 0 Å². The first-order valence-corrected chi connectivity index (χ1v) is 8.96. The van der Waals surface area contributed by atoms with E-state index in [1.54, 1.807) is 0 Å². The minimum absolute atomic E-state index is 0.0349. The molecule has 1 aromatic heterocycles. The number of aromatic nitrogens is 1. The smallest absolute Gasteiger partial charge is 0.269 e. The normalized spacial score (nSPS) is 12.2. The lowest BCUT2D eigenvalue weighted by molar-refractivity contribution is -0.121. The molecule has 0 saturated carbocycles. The Morgan fingerprint density at radius 3 is 2.68 bits per heavy atom. The molecule has 130 valence electrons. The highest BCUT2D eigenvalue weighted by Crippen LogP contribution is 2.17. The molecule has 0 saturated heterocycles. The molecule has 1 N–H and O–H groups in total. The van der Waals surface area contributed by atoms with Gasteiger partial charge in [0.1, 0.15) is 0 Å².